The van der Waals surface area contributed by atoms with Gasteiger partial charge >= 0.3 is 0 Å². The van der Waals surface area contributed by atoms with Crippen molar-refractivity contribution >= 4 is 0 Å². The van der Waals surface area contributed by atoms with E-state index < -0.39 is 0 Å². The van der Waals surface area contributed by atoms with Crippen LogP contribution in [-0.2, 0) is 38.3 Å². The van der Waals surface area contributed by atoms with Crippen molar-refractivity contribution < 1.29 is 48.8 Å². The molecule has 0 heterocycles. The Balaban J connectivity index is -0.0000000200. The largest absolute Gasteiger partial charge is 0.221 e. The Morgan fingerprint density at radius 1 is 1.20 bits per heavy atom. The van der Waals surface area contributed by atoms with Crippen molar-refractivity contribution in [2.45, 2.75) is 0 Å². The van der Waals surface area contributed by atoms with Gasteiger partial charge in [-0.15, -0.1) is 0 Å². The molecule has 2 N–H and O–H groups in total. The summed E-state index contributed by atoms with van der Waals surface area (Å²) in [7, 11) is 0. The van der Waals surface area contributed by atoms with E-state index in [0.717, 1.165) is 0 Å². The molecule has 0 amide bonds. The van der Waals surface area contributed by atoms with E-state index in [1.54, 1.807) is 0 Å². The van der Waals surface area contributed by atoms with Crippen LogP contribution < -0.4 is 0 Å². The minimum Gasteiger partial charge on any atom is -0.221 e. The summed E-state index contributed by atoms with van der Waals surface area (Å²) in [6.45, 7) is 0. The summed E-state index contributed by atoms with van der Waals surface area (Å²) in [4.78, 5) is 0. The topological polar surface area (TPSA) is 49.7 Å². The van der Waals surface area contributed by atoms with Gasteiger partial charge in [0, 0.05) is 33.3 Å². The summed E-state index contributed by atoms with van der Waals surface area (Å²) in [6, 6.07) is 0. The van der Waals surface area contributed by atoms with Crippen molar-refractivity contribution in [2.24, 2.45) is 0 Å². The maximum Gasteiger partial charge on any atom is 0 e. The zero-order valence-electron chi connectivity index (χ0n) is 1.95. The fourth-order valence-corrected chi connectivity index (χ4v) is 0. The number of hydrogen-bond donors (Lipinski definition) is 2. The first kappa shape index (κ1) is 16.9. The quantitative estimate of drug-likeness (QED) is 0.302. The van der Waals surface area contributed by atoms with Crippen LogP contribution in [-0.4, -0.2) is 10.5 Å². The van der Waals surface area contributed by atoms with Gasteiger partial charge in [0.15, 0.2) is 0 Å². The van der Waals surface area contributed by atoms with E-state index in [1.807, 2.05) is 0 Å². The smallest absolute Gasteiger partial charge is 0 e. The third-order valence-corrected chi connectivity index (χ3v) is 0. The standard InChI is InChI=1S/Co.Ni.H2O3/c;;1-3-2/h;;1-2H. The van der Waals surface area contributed by atoms with Gasteiger partial charge in [0.1, 0.15) is 0 Å². The second kappa shape index (κ2) is 20.8. The van der Waals surface area contributed by atoms with Crippen molar-refractivity contribution in [3.8, 4) is 0 Å². The molecule has 5 heteroatoms. The molecule has 0 spiro atoms. The van der Waals surface area contributed by atoms with Crippen molar-refractivity contribution in [2.75, 3.05) is 0 Å². The van der Waals surface area contributed by atoms with Crippen LogP contribution in [0.2, 0.25) is 0 Å². The van der Waals surface area contributed by atoms with Gasteiger partial charge in [0.05, 0.1) is 0 Å². The second-order valence-corrected chi connectivity index (χ2v) is 0.0816. The third kappa shape index (κ3) is 52.3. The van der Waals surface area contributed by atoms with E-state index in [2.05, 4.69) is 5.04 Å². The molecular weight excluding hydrogens is 166 g/mol. The molecule has 0 fully saturated rings. The minimum atomic E-state index is 0. The summed E-state index contributed by atoms with van der Waals surface area (Å²) >= 11 is 0. The van der Waals surface area contributed by atoms with E-state index in [4.69, 9.17) is 10.5 Å². The van der Waals surface area contributed by atoms with Crippen molar-refractivity contribution in [3.63, 3.8) is 0 Å². The molecule has 3 nitrogen and oxygen atoms in total. The number of rotatable bonds is 0. The molecule has 0 aromatic heterocycles. The van der Waals surface area contributed by atoms with Crippen LogP contribution in [0.25, 0.3) is 0 Å². The third-order valence-electron chi connectivity index (χ3n) is 0. The molecule has 0 aliphatic rings. The van der Waals surface area contributed by atoms with E-state index in [0.29, 0.717) is 0 Å². The number of hydrogen-bond acceptors (Lipinski definition) is 3. The molecule has 0 saturated heterocycles. The van der Waals surface area contributed by atoms with Crippen LogP contribution in [0.4, 0.5) is 0 Å². The van der Waals surface area contributed by atoms with Gasteiger partial charge in [-0.1, -0.05) is 5.04 Å². The fourth-order valence-electron chi connectivity index (χ4n) is 0. The maximum atomic E-state index is 6.62. The summed E-state index contributed by atoms with van der Waals surface area (Å²) in [5.74, 6) is 0. The fraction of sp³-hybridized carbons (Fsp3) is 0. The Hall–Kier alpha value is 0.880. The summed E-state index contributed by atoms with van der Waals surface area (Å²) < 4.78 is 0. The summed E-state index contributed by atoms with van der Waals surface area (Å²) in [6.07, 6.45) is 0. The molecular formula is H2CoNiO3. The zero-order chi connectivity index (χ0) is 2.71. The molecule has 39 valence electrons. The van der Waals surface area contributed by atoms with Crippen molar-refractivity contribution in [1.29, 1.82) is 0 Å². The molecule has 0 aliphatic carbocycles. The Bertz CT molecular complexity index is 6.85. The van der Waals surface area contributed by atoms with Gasteiger partial charge in [0.25, 0.3) is 0 Å². The van der Waals surface area contributed by atoms with Crippen LogP contribution in [0.1, 0.15) is 0 Å². The zero-order valence-corrected chi connectivity index (χ0v) is 3.98. The predicted octanol–water partition coefficient (Wildman–Crippen LogP) is -0.0560. The first-order chi connectivity index (χ1) is 1.41. The molecule has 0 aromatic rings. The minimum absolute atomic E-state index is 0. The molecule has 0 aromatic carbocycles. The SMILES string of the molecule is OOO.[Co].[Ni]. The summed E-state index contributed by atoms with van der Waals surface area (Å²) in [5, 5.41) is 15.5. The van der Waals surface area contributed by atoms with Crippen molar-refractivity contribution in [3.05, 3.63) is 0 Å². The van der Waals surface area contributed by atoms with E-state index in [9.17, 15) is 0 Å². The van der Waals surface area contributed by atoms with Crippen LogP contribution in [0.5, 0.6) is 0 Å². The van der Waals surface area contributed by atoms with E-state index in [1.165, 1.54) is 0 Å². The Kier molecular flexibility index (Phi) is 70.2. The molecule has 0 atom stereocenters. The van der Waals surface area contributed by atoms with Gasteiger partial charge in [-0.25, -0.2) is 10.5 Å². The molecule has 0 unspecified atom stereocenters. The normalized spacial score (nSPS) is 3.60. The molecule has 0 rings (SSSR count). The van der Waals surface area contributed by atoms with Gasteiger partial charge < -0.3 is 0 Å². The first-order valence-electron chi connectivity index (χ1n) is 0.365. The second-order valence-electron chi connectivity index (χ2n) is 0.0816. The Morgan fingerprint density at radius 2 is 1.20 bits per heavy atom. The van der Waals surface area contributed by atoms with E-state index in [-0.39, 0.29) is 33.3 Å². The molecule has 0 saturated carbocycles. The van der Waals surface area contributed by atoms with Gasteiger partial charge in [-0.05, 0) is 0 Å². The molecule has 1 radical (unpaired) electrons. The van der Waals surface area contributed by atoms with Gasteiger partial charge in [-0.3, -0.25) is 0 Å². The van der Waals surface area contributed by atoms with Gasteiger partial charge in [-0.2, -0.15) is 0 Å². The first-order valence-corrected chi connectivity index (χ1v) is 0.365. The predicted molar refractivity (Wildman–Crippen MR) is 6.34 cm³/mol. The summed E-state index contributed by atoms with van der Waals surface area (Å²) in [5.41, 5.74) is 0. The van der Waals surface area contributed by atoms with E-state index >= 15 is 0 Å². The Labute approximate surface area is 49.3 Å². The molecule has 0 bridgehead atoms. The van der Waals surface area contributed by atoms with Crippen LogP contribution in [0.15, 0.2) is 0 Å². The Morgan fingerprint density at radius 3 is 1.20 bits per heavy atom. The monoisotopic (exact) mass is 167 g/mol. The maximum absolute atomic E-state index is 6.62. The molecule has 0 aliphatic heterocycles. The van der Waals surface area contributed by atoms with Crippen LogP contribution in [0.3, 0.4) is 0 Å². The van der Waals surface area contributed by atoms with Crippen LogP contribution in [0, 0.1) is 0 Å². The van der Waals surface area contributed by atoms with Gasteiger partial charge in [0.2, 0.25) is 0 Å². The molecule has 5 heavy (non-hydrogen) atoms. The average molecular weight is 168 g/mol. The average Bonchev–Trinajstić information content (AvgIpc) is 0.918. The van der Waals surface area contributed by atoms with Crippen LogP contribution >= 0.6 is 0 Å². The van der Waals surface area contributed by atoms with Crippen molar-refractivity contribution in [1.82, 2.24) is 0 Å².